The number of hydrogen-bond acceptors (Lipinski definition) is 5. The molecular formula is C22H29ClN5O2+. The van der Waals surface area contributed by atoms with Crippen LogP contribution in [0.1, 0.15) is 39.2 Å². The third-order valence-corrected chi connectivity index (χ3v) is 5.24. The number of likely N-dealkylation sites (tertiary alicyclic amines) is 1. The molecule has 8 heteroatoms. The van der Waals surface area contributed by atoms with Crippen molar-refractivity contribution in [1.82, 2.24) is 14.9 Å². The number of amides is 1. The number of carbonyl (C=O) groups excluding carboxylic acids is 1. The summed E-state index contributed by atoms with van der Waals surface area (Å²) < 4.78 is 5.45. The molecule has 3 N–H and O–H groups in total. The Balaban J connectivity index is 1.54. The van der Waals surface area contributed by atoms with Crippen molar-refractivity contribution >= 4 is 40.5 Å². The number of nitrogens with two attached hydrogens (primary N) is 1. The number of hydrogen-bond donors (Lipinski definition) is 2. The van der Waals surface area contributed by atoms with E-state index in [2.05, 4.69) is 15.3 Å². The normalized spacial score (nSPS) is 16.0. The van der Waals surface area contributed by atoms with Gasteiger partial charge in [-0.25, -0.2) is 9.78 Å². The van der Waals surface area contributed by atoms with Crippen molar-refractivity contribution in [3.05, 3.63) is 41.3 Å². The average Bonchev–Trinajstić information content (AvgIpc) is 2.70. The molecule has 0 radical (unpaired) electrons. The van der Waals surface area contributed by atoms with Crippen LogP contribution in [0.15, 0.2) is 30.6 Å². The highest BCUT2D eigenvalue weighted by atomic mass is 35.5. The number of ether oxygens (including phenoxy) is 1. The molecule has 1 aliphatic heterocycles. The van der Waals surface area contributed by atoms with E-state index >= 15 is 0 Å². The van der Waals surface area contributed by atoms with E-state index in [0.29, 0.717) is 16.6 Å². The van der Waals surface area contributed by atoms with E-state index in [1.807, 2.05) is 39.1 Å². The van der Waals surface area contributed by atoms with Gasteiger partial charge in [0, 0.05) is 37.0 Å². The van der Waals surface area contributed by atoms with Gasteiger partial charge >= 0.3 is 6.09 Å². The van der Waals surface area contributed by atoms with Crippen molar-refractivity contribution in [1.29, 1.82) is 5.41 Å². The quantitative estimate of drug-likeness (QED) is 0.560. The highest BCUT2D eigenvalue weighted by Crippen LogP contribution is 2.20. The molecule has 0 atom stereocenters. The van der Waals surface area contributed by atoms with E-state index in [1.165, 1.54) is 6.21 Å². The molecule has 0 aliphatic carbocycles. The monoisotopic (exact) mass is 430 g/mol. The Morgan fingerprint density at radius 2 is 2.07 bits per heavy atom. The number of piperidine rings is 1. The van der Waals surface area contributed by atoms with Gasteiger partial charge in [0.2, 0.25) is 0 Å². The number of halogens is 1. The zero-order valence-electron chi connectivity index (χ0n) is 17.7. The van der Waals surface area contributed by atoms with Crippen LogP contribution in [-0.2, 0) is 4.74 Å². The maximum absolute atomic E-state index is 12.2. The maximum Gasteiger partial charge on any atom is 0.410 e. The summed E-state index contributed by atoms with van der Waals surface area (Å²) in [6.07, 6.45) is 6.71. The van der Waals surface area contributed by atoms with Gasteiger partial charge in [-0.05, 0) is 51.8 Å². The number of quaternary nitrogens is 1. The summed E-state index contributed by atoms with van der Waals surface area (Å²) in [6, 6.07) is 5.45. The maximum atomic E-state index is 12.2. The number of rotatable bonds is 5. The first-order chi connectivity index (χ1) is 14.2. The molecule has 1 amide bonds. The molecular weight excluding hydrogens is 402 g/mol. The fraction of sp³-hybridized carbons (Fsp3) is 0.455. The first kappa shape index (κ1) is 22.2. The van der Waals surface area contributed by atoms with Crippen LogP contribution in [0.25, 0.3) is 16.6 Å². The third-order valence-electron chi connectivity index (χ3n) is 5.03. The number of pyridine rings is 2. The minimum Gasteiger partial charge on any atom is -0.444 e. The van der Waals surface area contributed by atoms with Crippen molar-refractivity contribution in [3.63, 3.8) is 0 Å². The topological polar surface area (TPSA) is 95.8 Å². The molecule has 2 aromatic rings. The second kappa shape index (κ2) is 9.53. The molecule has 2 aromatic heterocycles. The molecule has 0 spiro atoms. The van der Waals surface area contributed by atoms with Crippen LogP contribution >= 0.6 is 11.6 Å². The van der Waals surface area contributed by atoms with Gasteiger partial charge < -0.3 is 20.4 Å². The summed E-state index contributed by atoms with van der Waals surface area (Å²) >= 11 is 5.98. The molecule has 7 nitrogen and oxygen atoms in total. The number of nitrogens with zero attached hydrogens (tertiary/aromatic N) is 3. The Kier molecular flexibility index (Phi) is 7.05. The standard InChI is InChI=1S/C22H28ClN5O2/c1-22(2,3)30-21(29)28-8-6-15(7-9-28)12-25-13-17(11-24)16-10-19-18(26-14-16)4-5-20(23)27-19/h4-5,10-11,13-15,24-25H,6-9,12H2,1-3H3/p+1. The molecule has 0 aromatic carbocycles. The lowest BCUT2D eigenvalue weighted by Crippen LogP contribution is -2.80. The summed E-state index contributed by atoms with van der Waals surface area (Å²) in [5.74, 6) is 0.516. The first-order valence-electron chi connectivity index (χ1n) is 10.2. The Morgan fingerprint density at radius 1 is 1.33 bits per heavy atom. The van der Waals surface area contributed by atoms with Gasteiger partial charge in [0.15, 0.2) is 0 Å². The Bertz CT molecular complexity index is 946. The molecule has 3 rings (SSSR count). The summed E-state index contributed by atoms with van der Waals surface area (Å²) in [5.41, 5.74) is 2.63. The van der Waals surface area contributed by atoms with Crippen LogP contribution < -0.4 is 5.32 Å². The Hall–Kier alpha value is -2.51. The Labute approximate surface area is 182 Å². The van der Waals surface area contributed by atoms with Gasteiger partial charge in [0.25, 0.3) is 0 Å². The SMILES string of the molecule is CC(C)(C)OC(=O)N1CCC(C[NH2+]C=C(C=N)c2cnc3ccc(Cl)nc3c2)CC1. The zero-order chi connectivity index (χ0) is 21.7. The van der Waals surface area contributed by atoms with Crippen molar-refractivity contribution in [3.8, 4) is 0 Å². The first-order valence-corrected chi connectivity index (χ1v) is 10.6. The largest absolute Gasteiger partial charge is 0.444 e. The highest BCUT2D eigenvalue weighted by molar-refractivity contribution is 6.29. The molecule has 0 saturated carbocycles. The predicted molar refractivity (Wildman–Crippen MR) is 119 cm³/mol. The number of carbonyl (C=O) groups is 1. The fourth-order valence-corrected chi connectivity index (χ4v) is 3.59. The molecule has 0 unspecified atom stereocenters. The second-order valence-electron chi connectivity index (χ2n) is 8.54. The lowest BCUT2D eigenvalue weighted by molar-refractivity contribution is -0.594. The van der Waals surface area contributed by atoms with Gasteiger partial charge in [0.05, 0.1) is 23.2 Å². The molecule has 1 aliphatic rings. The minimum absolute atomic E-state index is 0.228. The minimum atomic E-state index is -0.464. The van der Waals surface area contributed by atoms with Crippen LogP contribution in [0, 0.1) is 11.3 Å². The molecule has 0 bridgehead atoms. The van der Waals surface area contributed by atoms with Gasteiger partial charge in [-0.1, -0.05) is 11.6 Å². The number of allylic oxidation sites excluding steroid dienone is 1. The molecule has 30 heavy (non-hydrogen) atoms. The lowest BCUT2D eigenvalue weighted by atomic mass is 9.97. The van der Waals surface area contributed by atoms with E-state index in [0.717, 1.165) is 49.1 Å². The molecule has 160 valence electrons. The highest BCUT2D eigenvalue weighted by Gasteiger charge is 2.27. The van der Waals surface area contributed by atoms with E-state index in [1.54, 1.807) is 17.2 Å². The van der Waals surface area contributed by atoms with Gasteiger partial charge in [-0.3, -0.25) is 4.98 Å². The summed E-state index contributed by atoms with van der Waals surface area (Å²) in [6.45, 7) is 8.00. The van der Waals surface area contributed by atoms with Gasteiger partial charge in [-0.2, -0.15) is 0 Å². The zero-order valence-corrected chi connectivity index (χ0v) is 18.4. The third kappa shape index (κ3) is 6.00. The van der Waals surface area contributed by atoms with E-state index < -0.39 is 5.60 Å². The van der Waals surface area contributed by atoms with Crippen LogP contribution in [0.5, 0.6) is 0 Å². The van der Waals surface area contributed by atoms with Gasteiger partial charge in [-0.15, -0.1) is 0 Å². The van der Waals surface area contributed by atoms with Crippen molar-refractivity contribution in [2.45, 2.75) is 39.2 Å². The Morgan fingerprint density at radius 3 is 2.73 bits per heavy atom. The van der Waals surface area contributed by atoms with Crippen LogP contribution in [-0.4, -0.2) is 52.4 Å². The smallest absolute Gasteiger partial charge is 0.410 e. The summed E-state index contributed by atoms with van der Waals surface area (Å²) in [4.78, 5) is 22.7. The van der Waals surface area contributed by atoms with Crippen LogP contribution in [0.2, 0.25) is 5.15 Å². The number of aromatic nitrogens is 2. The van der Waals surface area contributed by atoms with E-state index in [9.17, 15) is 4.79 Å². The molecule has 1 fully saturated rings. The van der Waals surface area contributed by atoms with Crippen molar-refractivity contribution < 1.29 is 14.8 Å². The van der Waals surface area contributed by atoms with Crippen LogP contribution in [0.3, 0.4) is 0 Å². The summed E-state index contributed by atoms with van der Waals surface area (Å²) in [5, 5.41) is 10.3. The van der Waals surface area contributed by atoms with E-state index in [-0.39, 0.29) is 6.09 Å². The predicted octanol–water partition coefficient (Wildman–Crippen LogP) is 3.48. The fourth-order valence-electron chi connectivity index (χ4n) is 3.43. The second-order valence-corrected chi connectivity index (χ2v) is 8.93. The van der Waals surface area contributed by atoms with Crippen LogP contribution in [0.4, 0.5) is 4.79 Å². The number of nitrogens with one attached hydrogen (secondary N) is 1. The number of fused-ring (bicyclic) bond motifs is 1. The molecule has 1 saturated heterocycles. The lowest BCUT2D eigenvalue weighted by Gasteiger charge is -2.32. The van der Waals surface area contributed by atoms with Crippen molar-refractivity contribution in [2.24, 2.45) is 5.92 Å². The van der Waals surface area contributed by atoms with Crippen molar-refractivity contribution in [2.75, 3.05) is 19.6 Å². The van der Waals surface area contributed by atoms with E-state index in [4.69, 9.17) is 21.7 Å². The molecule has 3 heterocycles. The summed E-state index contributed by atoms with van der Waals surface area (Å²) in [7, 11) is 0. The average molecular weight is 431 g/mol. The van der Waals surface area contributed by atoms with Gasteiger partial charge in [0.1, 0.15) is 17.0 Å².